The van der Waals surface area contributed by atoms with E-state index < -0.39 is 6.04 Å². The van der Waals surface area contributed by atoms with Crippen molar-refractivity contribution in [3.8, 4) is 11.5 Å². The van der Waals surface area contributed by atoms with Gasteiger partial charge in [-0.2, -0.15) is 4.98 Å². The predicted octanol–water partition coefficient (Wildman–Crippen LogP) is 0.886. The fraction of sp³-hybridized carbons (Fsp3) is 0.222. The Morgan fingerprint density at radius 1 is 1.50 bits per heavy atom. The van der Waals surface area contributed by atoms with Gasteiger partial charge in [0.15, 0.2) is 0 Å². The van der Waals surface area contributed by atoms with Gasteiger partial charge in [-0.25, -0.2) is 0 Å². The van der Waals surface area contributed by atoms with Crippen LogP contribution >= 0.6 is 15.9 Å². The molecule has 7 heteroatoms. The Kier molecular flexibility index (Phi) is 3.28. The lowest BCUT2D eigenvalue weighted by molar-refractivity contribution is 0.237. The van der Waals surface area contributed by atoms with Gasteiger partial charge in [0, 0.05) is 10.7 Å². The fourth-order valence-electron chi connectivity index (χ4n) is 1.08. The van der Waals surface area contributed by atoms with Crippen LogP contribution in [0, 0.1) is 0 Å². The molecule has 2 aromatic heterocycles. The summed E-state index contributed by atoms with van der Waals surface area (Å²) < 4.78 is 5.77. The third kappa shape index (κ3) is 2.26. The van der Waals surface area contributed by atoms with Crippen LogP contribution in [-0.2, 0) is 0 Å². The van der Waals surface area contributed by atoms with Gasteiger partial charge in [0.05, 0.1) is 6.61 Å². The van der Waals surface area contributed by atoms with Crippen molar-refractivity contribution in [2.24, 2.45) is 5.73 Å². The molecular formula is C9H9BrN4O2. The van der Waals surface area contributed by atoms with Gasteiger partial charge in [-0.15, -0.1) is 0 Å². The Labute approximate surface area is 99.6 Å². The standard InChI is InChI=1S/C9H9BrN4O2/c10-5-1-2-7(12-3-5)8-13-9(16-14-8)6(11)4-15/h1-3,6,15H,4,11H2/t6-/m1/s1. The molecule has 2 heterocycles. The number of halogens is 1. The second kappa shape index (κ2) is 4.69. The van der Waals surface area contributed by atoms with Gasteiger partial charge in [0.25, 0.3) is 0 Å². The molecule has 2 rings (SSSR count). The molecular weight excluding hydrogens is 276 g/mol. The molecule has 6 nitrogen and oxygen atoms in total. The zero-order valence-electron chi connectivity index (χ0n) is 8.17. The number of hydrogen-bond donors (Lipinski definition) is 2. The van der Waals surface area contributed by atoms with E-state index in [0.29, 0.717) is 11.5 Å². The molecule has 0 aliphatic carbocycles. The van der Waals surface area contributed by atoms with Crippen molar-refractivity contribution in [1.29, 1.82) is 0 Å². The topological polar surface area (TPSA) is 98.1 Å². The molecule has 0 radical (unpaired) electrons. The lowest BCUT2D eigenvalue weighted by atomic mass is 10.3. The summed E-state index contributed by atoms with van der Waals surface area (Å²) in [5, 5.41) is 12.6. The Balaban J connectivity index is 2.28. The van der Waals surface area contributed by atoms with Crippen molar-refractivity contribution in [3.05, 3.63) is 28.7 Å². The summed E-state index contributed by atoms with van der Waals surface area (Å²) in [4.78, 5) is 8.15. The molecule has 2 aromatic rings. The van der Waals surface area contributed by atoms with Crippen LogP contribution in [0.5, 0.6) is 0 Å². The highest BCUT2D eigenvalue weighted by atomic mass is 79.9. The first-order chi connectivity index (χ1) is 7.70. The summed E-state index contributed by atoms with van der Waals surface area (Å²) in [6.45, 7) is -0.241. The van der Waals surface area contributed by atoms with Crippen molar-refractivity contribution in [2.75, 3.05) is 6.61 Å². The number of rotatable bonds is 3. The zero-order valence-corrected chi connectivity index (χ0v) is 9.75. The fourth-order valence-corrected chi connectivity index (χ4v) is 1.31. The van der Waals surface area contributed by atoms with Crippen molar-refractivity contribution < 1.29 is 9.63 Å². The van der Waals surface area contributed by atoms with E-state index in [0.717, 1.165) is 4.47 Å². The quantitative estimate of drug-likeness (QED) is 0.869. The van der Waals surface area contributed by atoms with E-state index in [1.165, 1.54) is 0 Å². The maximum atomic E-state index is 8.83. The van der Waals surface area contributed by atoms with Crippen LogP contribution in [0.25, 0.3) is 11.5 Å². The molecule has 0 bridgehead atoms. The van der Waals surface area contributed by atoms with Crippen LogP contribution in [0.2, 0.25) is 0 Å². The molecule has 0 aliphatic heterocycles. The highest BCUT2D eigenvalue weighted by Crippen LogP contribution is 2.17. The maximum Gasteiger partial charge on any atom is 0.246 e. The Bertz CT molecular complexity index is 471. The Hall–Kier alpha value is -1.31. The van der Waals surface area contributed by atoms with Gasteiger partial charge >= 0.3 is 0 Å². The van der Waals surface area contributed by atoms with E-state index in [2.05, 4.69) is 31.1 Å². The van der Waals surface area contributed by atoms with Gasteiger partial charge < -0.3 is 15.4 Å². The monoisotopic (exact) mass is 284 g/mol. The average molecular weight is 285 g/mol. The minimum Gasteiger partial charge on any atom is -0.394 e. The number of nitrogens with zero attached hydrogens (tertiary/aromatic N) is 3. The van der Waals surface area contributed by atoms with E-state index in [9.17, 15) is 0 Å². The first-order valence-corrected chi connectivity index (χ1v) is 5.32. The van der Waals surface area contributed by atoms with E-state index in [1.54, 1.807) is 12.3 Å². The van der Waals surface area contributed by atoms with Crippen LogP contribution in [-0.4, -0.2) is 26.8 Å². The molecule has 84 valence electrons. The lowest BCUT2D eigenvalue weighted by Gasteiger charge is -1.98. The molecule has 0 aromatic carbocycles. The van der Waals surface area contributed by atoms with Crippen LogP contribution in [0.3, 0.4) is 0 Å². The normalized spacial score (nSPS) is 12.7. The van der Waals surface area contributed by atoms with Gasteiger partial charge in [0.2, 0.25) is 11.7 Å². The van der Waals surface area contributed by atoms with E-state index in [-0.39, 0.29) is 12.5 Å². The third-order valence-corrected chi connectivity index (χ3v) is 2.38. The van der Waals surface area contributed by atoms with Crippen LogP contribution in [0.15, 0.2) is 27.3 Å². The van der Waals surface area contributed by atoms with Crippen molar-refractivity contribution in [3.63, 3.8) is 0 Å². The van der Waals surface area contributed by atoms with E-state index >= 15 is 0 Å². The molecule has 0 spiro atoms. The minimum absolute atomic E-state index is 0.196. The number of aromatic nitrogens is 3. The molecule has 16 heavy (non-hydrogen) atoms. The van der Waals surface area contributed by atoms with Crippen LogP contribution in [0.1, 0.15) is 11.9 Å². The minimum atomic E-state index is -0.656. The molecule has 0 saturated carbocycles. The lowest BCUT2D eigenvalue weighted by Crippen LogP contribution is -2.14. The Morgan fingerprint density at radius 3 is 2.94 bits per heavy atom. The number of hydrogen-bond acceptors (Lipinski definition) is 6. The molecule has 0 aliphatic rings. The molecule has 1 atom stereocenters. The molecule has 0 amide bonds. The van der Waals surface area contributed by atoms with Crippen molar-refractivity contribution >= 4 is 15.9 Å². The molecule has 3 N–H and O–H groups in total. The second-order valence-electron chi connectivity index (χ2n) is 3.11. The summed E-state index contributed by atoms with van der Waals surface area (Å²) >= 11 is 3.28. The summed E-state index contributed by atoms with van der Waals surface area (Å²) in [5.74, 6) is 0.550. The van der Waals surface area contributed by atoms with E-state index in [4.69, 9.17) is 15.4 Å². The molecule has 0 fully saturated rings. The molecule has 0 unspecified atom stereocenters. The molecule has 0 saturated heterocycles. The zero-order chi connectivity index (χ0) is 11.5. The van der Waals surface area contributed by atoms with Gasteiger partial charge in [-0.1, -0.05) is 5.16 Å². The average Bonchev–Trinajstić information content (AvgIpc) is 2.78. The van der Waals surface area contributed by atoms with Crippen LogP contribution in [0.4, 0.5) is 0 Å². The van der Waals surface area contributed by atoms with E-state index in [1.807, 2.05) is 6.07 Å². The first kappa shape index (κ1) is 11.2. The third-order valence-electron chi connectivity index (χ3n) is 1.91. The van der Waals surface area contributed by atoms with Crippen molar-refractivity contribution in [2.45, 2.75) is 6.04 Å². The van der Waals surface area contributed by atoms with Gasteiger partial charge in [-0.05, 0) is 28.1 Å². The van der Waals surface area contributed by atoms with Gasteiger partial charge in [0.1, 0.15) is 11.7 Å². The van der Waals surface area contributed by atoms with Crippen LogP contribution < -0.4 is 5.73 Å². The van der Waals surface area contributed by atoms with Gasteiger partial charge in [-0.3, -0.25) is 4.98 Å². The number of pyridine rings is 1. The number of nitrogens with two attached hydrogens (primary N) is 1. The predicted molar refractivity (Wildman–Crippen MR) is 59.2 cm³/mol. The summed E-state index contributed by atoms with van der Waals surface area (Å²) in [5.41, 5.74) is 6.12. The second-order valence-corrected chi connectivity index (χ2v) is 4.02. The van der Waals surface area contributed by atoms with Crippen molar-refractivity contribution in [1.82, 2.24) is 15.1 Å². The first-order valence-electron chi connectivity index (χ1n) is 4.52. The number of aliphatic hydroxyl groups excluding tert-OH is 1. The highest BCUT2D eigenvalue weighted by Gasteiger charge is 2.15. The summed E-state index contributed by atoms with van der Waals surface area (Å²) in [7, 11) is 0. The smallest absolute Gasteiger partial charge is 0.246 e. The SMILES string of the molecule is N[C@H](CO)c1nc(-c2ccc(Br)cn2)no1. The number of aliphatic hydroxyl groups is 1. The Morgan fingerprint density at radius 2 is 2.31 bits per heavy atom. The largest absolute Gasteiger partial charge is 0.394 e. The maximum absolute atomic E-state index is 8.83. The summed E-state index contributed by atoms with van der Waals surface area (Å²) in [6.07, 6.45) is 1.64. The summed E-state index contributed by atoms with van der Waals surface area (Å²) in [6, 6.07) is 2.92. The highest BCUT2D eigenvalue weighted by molar-refractivity contribution is 9.10.